The van der Waals surface area contributed by atoms with E-state index in [2.05, 4.69) is 88.7 Å². The molecule has 0 amide bonds. The topological polar surface area (TPSA) is 39.9 Å². The zero-order valence-corrected chi connectivity index (χ0v) is 21.1. The van der Waals surface area contributed by atoms with Gasteiger partial charge in [-0.25, -0.2) is 0 Å². The zero-order chi connectivity index (χ0) is 19.6. The van der Waals surface area contributed by atoms with Crippen LogP contribution in [0.4, 0.5) is 0 Å². The van der Waals surface area contributed by atoms with Crippen LogP contribution in [0.3, 0.4) is 0 Å². The molecule has 144 valence electrons. The first kappa shape index (κ1) is 21.8. The van der Waals surface area contributed by atoms with E-state index in [-0.39, 0.29) is 10.2 Å². The Morgan fingerprint density at radius 2 is 1.65 bits per heavy atom. The van der Waals surface area contributed by atoms with E-state index >= 15 is 0 Å². The Hall–Kier alpha value is -0.531. The van der Waals surface area contributed by atoms with Gasteiger partial charge in [-0.2, -0.15) is 0 Å². The molecule has 0 fully saturated rings. The number of benzene rings is 1. The first-order valence-electron chi connectivity index (χ1n) is 9.19. The molecular weight excluding hydrogens is 449 g/mol. The molecule has 2 rings (SSSR count). The number of nitrogens with zero attached hydrogens (tertiary/aromatic N) is 3. The van der Waals surface area contributed by atoms with Gasteiger partial charge in [0.25, 0.3) is 0 Å². The maximum atomic E-state index is 6.04. The van der Waals surface area contributed by atoms with Crippen LogP contribution in [0, 0.1) is 5.41 Å². The summed E-state index contributed by atoms with van der Waals surface area (Å²) < 4.78 is 9.52. The van der Waals surface area contributed by atoms with Gasteiger partial charge in [-0.15, -0.1) is 0 Å². The average molecular weight is 482 g/mol. The second kappa shape index (κ2) is 8.23. The predicted molar refractivity (Wildman–Crippen MR) is 114 cm³/mol. The van der Waals surface area contributed by atoms with Gasteiger partial charge < -0.3 is 0 Å². The van der Waals surface area contributed by atoms with Gasteiger partial charge in [-0.1, -0.05) is 0 Å². The van der Waals surface area contributed by atoms with Crippen LogP contribution in [0.5, 0.6) is 0 Å². The van der Waals surface area contributed by atoms with Crippen molar-refractivity contribution in [2.45, 2.75) is 67.3 Å². The quantitative estimate of drug-likeness (QED) is 0.418. The third-order valence-electron chi connectivity index (χ3n) is 4.96. The van der Waals surface area contributed by atoms with Crippen LogP contribution >= 0.6 is 12.0 Å². The Morgan fingerprint density at radius 3 is 2.19 bits per heavy atom. The molecule has 0 aliphatic carbocycles. The number of rotatable bonds is 7. The van der Waals surface area contributed by atoms with E-state index in [0.29, 0.717) is 6.61 Å². The predicted octanol–water partition coefficient (Wildman–Crippen LogP) is 4.86. The number of hydrogen-bond donors (Lipinski definition) is 0. The van der Waals surface area contributed by atoms with Crippen LogP contribution in [-0.4, -0.2) is 38.1 Å². The molecule has 0 aliphatic rings. The molecule has 4 nitrogen and oxygen atoms in total. The standard InChI is InChI=1S/C17H24N3OS.3CH3.Sn/c1-16(2,3)17(4,5)22-21-13-15-12-20(19-18-15)11-14-9-7-6-8-10-14;;;;/h6-10H,11,13H2,1-5H3;3*1H3;. The van der Waals surface area contributed by atoms with Crippen molar-refractivity contribution in [3.05, 3.63) is 41.6 Å². The van der Waals surface area contributed by atoms with Crippen molar-refractivity contribution < 1.29 is 4.18 Å². The summed E-state index contributed by atoms with van der Waals surface area (Å²) in [5.41, 5.74) is 2.43. The second-order valence-corrected chi connectivity index (χ2v) is 25.0. The maximum absolute atomic E-state index is 6.04. The summed E-state index contributed by atoms with van der Waals surface area (Å²) in [6.45, 7) is 12.5. The fourth-order valence-corrected chi connectivity index (χ4v) is 8.59. The summed E-state index contributed by atoms with van der Waals surface area (Å²) in [6.07, 6.45) is 0. The summed E-state index contributed by atoms with van der Waals surface area (Å²) in [6, 6.07) is 10.5. The fourth-order valence-electron chi connectivity index (χ4n) is 2.49. The van der Waals surface area contributed by atoms with Gasteiger partial charge in [0.05, 0.1) is 0 Å². The van der Waals surface area contributed by atoms with Gasteiger partial charge >= 0.3 is 168 Å². The van der Waals surface area contributed by atoms with E-state index < -0.39 is 18.4 Å². The first-order chi connectivity index (χ1) is 11.9. The minimum absolute atomic E-state index is 0.0260. The molecule has 1 aromatic carbocycles. The summed E-state index contributed by atoms with van der Waals surface area (Å²) in [5, 5.41) is 8.96. The average Bonchev–Trinajstić information content (AvgIpc) is 2.90. The molecule has 0 saturated heterocycles. The van der Waals surface area contributed by atoms with E-state index in [1.165, 1.54) is 9.27 Å². The van der Waals surface area contributed by atoms with Crippen LogP contribution in [0.15, 0.2) is 30.3 Å². The monoisotopic (exact) mass is 483 g/mol. The molecule has 1 heterocycles. The van der Waals surface area contributed by atoms with Crippen molar-refractivity contribution >= 4 is 34.1 Å². The fraction of sp³-hybridized carbons (Fsp3) is 0.600. The van der Waals surface area contributed by atoms with Gasteiger partial charge in [0, 0.05) is 0 Å². The van der Waals surface area contributed by atoms with Crippen LogP contribution in [0.25, 0.3) is 0 Å². The van der Waals surface area contributed by atoms with Crippen LogP contribution in [-0.2, 0) is 17.3 Å². The Kier molecular flexibility index (Phi) is 6.89. The van der Waals surface area contributed by atoms with E-state index in [9.17, 15) is 0 Å². The molecular formula is C20H33N3OSSn. The third kappa shape index (κ3) is 5.49. The van der Waals surface area contributed by atoms with E-state index in [4.69, 9.17) is 4.18 Å². The van der Waals surface area contributed by atoms with Crippen molar-refractivity contribution in [3.63, 3.8) is 0 Å². The van der Waals surface area contributed by atoms with Gasteiger partial charge in [0.2, 0.25) is 0 Å². The Labute approximate surface area is 167 Å². The van der Waals surface area contributed by atoms with Crippen LogP contribution in [0.1, 0.15) is 45.9 Å². The summed E-state index contributed by atoms with van der Waals surface area (Å²) >= 11 is -0.844. The molecule has 0 saturated carbocycles. The zero-order valence-electron chi connectivity index (χ0n) is 17.5. The summed E-state index contributed by atoms with van der Waals surface area (Å²) in [5.74, 6) is 0. The Bertz CT molecular complexity index is 715. The van der Waals surface area contributed by atoms with Crippen molar-refractivity contribution in [1.82, 2.24) is 15.0 Å². The van der Waals surface area contributed by atoms with E-state index in [1.807, 2.05) is 6.07 Å². The molecule has 0 unspecified atom stereocenters. The molecule has 6 heteroatoms. The first-order valence-corrected chi connectivity index (χ1v) is 19.9. The van der Waals surface area contributed by atoms with Gasteiger partial charge in [0.1, 0.15) is 0 Å². The molecule has 1 aromatic heterocycles. The Balaban J connectivity index is 2.17. The van der Waals surface area contributed by atoms with Gasteiger partial charge in [-0.05, 0) is 0 Å². The van der Waals surface area contributed by atoms with Crippen LogP contribution in [0.2, 0.25) is 14.8 Å². The number of hydrogen-bond acceptors (Lipinski definition) is 4. The van der Waals surface area contributed by atoms with E-state index in [0.717, 1.165) is 12.2 Å². The molecule has 26 heavy (non-hydrogen) atoms. The second-order valence-electron chi connectivity index (χ2n) is 9.38. The molecule has 0 atom stereocenters. The SMILES string of the molecule is CC(C)(C)C(C)(C)SOCc1nnn(Cc2ccccc2)[c]1[Sn]([CH3])([CH3])[CH3]. The van der Waals surface area contributed by atoms with Gasteiger partial charge in [0.15, 0.2) is 0 Å². The van der Waals surface area contributed by atoms with Crippen molar-refractivity contribution in [2.24, 2.45) is 5.41 Å². The summed E-state index contributed by atoms with van der Waals surface area (Å²) in [4.78, 5) is 7.22. The molecule has 0 aliphatic heterocycles. The summed E-state index contributed by atoms with van der Waals surface area (Å²) in [7, 11) is 0. The van der Waals surface area contributed by atoms with Crippen LogP contribution < -0.4 is 3.71 Å². The Morgan fingerprint density at radius 1 is 1.04 bits per heavy atom. The molecule has 0 bridgehead atoms. The van der Waals surface area contributed by atoms with Crippen molar-refractivity contribution in [2.75, 3.05) is 0 Å². The minimum atomic E-state index is -2.40. The number of aromatic nitrogens is 3. The van der Waals surface area contributed by atoms with Crippen molar-refractivity contribution in [3.8, 4) is 0 Å². The molecule has 0 radical (unpaired) electrons. The molecule has 0 spiro atoms. The van der Waals surface area contributed by atoms with Gasteiger partial charge in [-0.3, -0.25) is 0 Å². The van der Waals surface area contributed by atoms with E-state index in [1.54, 1.807) is 12.0 Å². The normalized spacial score (nSPS) is 13.2. The van der Waals surface area contributed by atoms with Crippen molar-refractivity contribution in [1.29, 1.82) is 0 Å². The third-order valence-corrected chi connectivity index (χ3v) is 11.8. The molecule has 2 aromatic rings. The molecule has 0 N–H and O–H groups in total.